The van der Waals surface area contributed by atoms with Gasteiger partial charge in [0.05, 0.1) is 24.4 Å². The van der Waals surface area contributed by atoms with Crippen molar-refractivity contribution in [1.82, 2.24) is 29.9 Å². The molecular formula is C22H32FN7O2. The lowest BCUT2D eigenvalue weighted by atomic mass is 10.0. The second-order valence-corrected chi connectivity index (χ2v) is 8.83. The van der Waals surface area contributed by atoms with Gasteiger partial charge in [-0.25, -0.2) is 9.18 Å². The highest BCUT2D eigenvalue weighted by Gasteiger charge is 2.46. The molecule has 0 spiro atoms. The van der Waals surface area contributed by atoms with Gasteiger partial charge >= 0.3 is 6.03 Å². The number of carbonyl (C=O) groups excluding carboxylic acids is 1. The molecule has 1 fully saturated rings. The Labute approximate surface area is 187 Å². The molecule has 4 heterocycles. The third kappa shape index (κ3) is 3.87. The van der Waals surface area contributed by atoms with Crippen molar-refractivity contribution in [3.63, 3.8) is 0 Å². The van der Waals surface area contributed by atoms with Crippen LogP contribution in [0.25, 0.3) is 0 Å². The number of aromatic nitrogens is 3. The lowest BCUT2D eigenvalue weighted by Crippen LogP contribution is -2.58. The van der Waals surface area contributed by atoms with E-state index in [4.69, 9.17) is 4.74 Å². The van der Waals surface area contributed by atoms with Crippen LogP contribution in [0.15, 0.2) is 12.1 Å². The maximum absolute atomic E-state index is 14.4. The zero-order valence-corrected chi connectivity index (χ0v) is 19.4. The van der Waals surface area contributed by atoms with Crippen LogP contribution in [0.4, 0.5) is 20.8 Å². The average molecular weight is 446 g/mol. The summed E-state index contributed by atoms with van der Waals surface area (Å²) in [4.78, 5) is 23.9. The van der Waals surface area contributed by atoms with Gasteiger partial charge in [-0.15, -0.1) is 0 Å². The number of urea groups is 1. The number of anilines is 2. The Bertz CT molecular complexity index is 993. The lowest BCUT2D eigenvalue weighted by Gasteiger charge is -2.43. The van der Waals surface area contributed by atoms with E-state index in [2.05, 4.69) is 39.2 Å². The topological polar surface area (TPSA) is 89.6 Å². The Kier molecular flexibility index (Phi) is 5.98. The molecule has 1 saturated heterocycles. The maximum atomic E-state index is 14.4. The summed E-state index contributed by atoms with van der Waals surface area (Å²) in [6.45, 7) is 14.3. The molecule has 10 heteroatoms. The molecule has 2 aliphatic heterocycles. The number of hydrogen-bond donors (Lipinski definition) is 2. The van der Waals surface area contributed by atoms with E-state index in [1.54, 1.807) is 0 Å². The van der Waals surface area contributed by atoms with Crippen LogP contribution < -0.4 is 10.1 Å². The molecule has 0 aromatic carbocycles. The number of carbonyl (C=O) groups is 1. The SMILES string of the molecule is CCOc1ccc(F)c(Nc2n[nH]c3c2CN(C(=O)N2CCN(CC)C[C@@H]2C)C3(C)C)n1. The van der Waals surface area contributed by atoms with Gasteiger partial charge in [-0.1, -0.05) is 6.92 Å². The molecule has 9 nitrogen and oxygen atoms in total. The molecule has 2 amide bonds. The fraction of sp³-hybridized carbons (Fsp3) is 0.591. The van der Waals surface area contributed by atoms with Crippen molar-refractivity contribution in [2.75, 3.05) is 38.1 Å². The number of fused-ring (bicyclic) bond motifs is 1. The first kappa shape index (κ1) is 22.3. The summed E-state index contributed by atoms with van der Waals surface area (Å²) >= 11 is 0. The average Bonchev–Trinajstić information content (AvgIpc) is 3.28. The lowest BCUT2D eigenvalue weighted by molar-refractivity contribution is 0.0606. The summed E-state index contributed by atoms with van der Waals surface area (Å²) in [7, 11) is 0. The number of piperazine rings is 1. The number of H-pyrrole nitrogens is 1. The molecule has 0 unspecified atom stereocenters. The Morgan fingerprint density at radius 2 is 2.09 bits per heavy atom. The molecule has 0 radical (unpaired) electrons. The summed E-state index contributed by atoms with van der Waals surface area (Å²) in [5.41, 5.74) is 1.11. The van der Waals surface area contributed by atoms with Crippen LogP contribution in [-0.4, -0.2) is 74.7 Å². The zero-order valence-electron chi connectivity index (χ0n) is 19.4. The van der Waals surface area contributed by atoms with E-state index in [0.29, 0.717) is 31.4 Å². The molecular weight excluding hydrogens is 413 g/mol. The van der Waals surface area contributed by atoms with Crippen LogP contribution in [-0.2, 0) is 12.1 Å². The first-order chi connectivity index (χ1) is 15.3. The Morgan fingerprint density at radius 3 is 2.78 bits per heavy atom. The molecule has 0 bridgehead atoms. The van der Waals surface area contributed by atoms with Crippen molar-refractivity contribution in [3.05, 3.63) is 29.2 Å². The van der Waals surface area contributed by atoms with E-state index >= 15 is 0 Å². The normalized spacial score (nSPS) is 20.4. The number of rotatable bonds is 5. The van der Waals surface area contributed by atoms with Gasteiger partial charge in [-0.3, -0.25) is 10.00 Å². The van der Waals surface area contributed by atoms with Crippen molar-refractivity contribution < 1.29 is 13.9 Å². The largest absolute Gasteiger partial charge is 0.478 e. The molecule has 4 rings (SSSR count). The van der Waals surface area contributed by atoms with Crippen LogP contribution in [0.2, 0.25) is 0 Å². The van der Waals surface area contributed by atoms with Crippen molar-refractivity contribution >= 4 is 17.7 Å². The second-order valence-electron chi connectivity index (χ2n) is 8.83. The number of aromatic amines is 1. The highest BCUT2D eigenvalue weighted by Crippen LogP contribution is 2.42. The predicted octanol–water partition coefficient (Wildman–Crippen LogP) is 3.28. The van der Waals surface area contributed by atoms with E-state index in [1.807, 2.05) is 30.6 Å². The molecule has 2 N–H and O–H groups in total. The Balaban J connectivity index is 1.55. The zero-order chi connectivity index (χ0) is 23.0. The minimum absolute atomic E-state index is 0.0106. The van der Waals surface area contributed by atoms with Gasteiger partial charge in [0.2, 0.25) is 5.88 Å². The van der Waals surface area contributed by atoms with E-state index in [0.717, 1.165) is 30.9 Å². The fourth-order valence-corrected chi connectivity index (χ4v) is 4.54. The summed E-state index contributed by atoms with van der Waals surface area (Å²) in [5, 5.41) is 10.4. The molecule has 0 saturated carbocycles. The summed E-state index contributed by atoms with van der Waals surface area (Å²) < 4.78 is 19.7. The number of nitrogens with one attached hydrogen (secondary N) is 2. The third-order valence-corrected chi connectivity index (χ3v) is 6.45. The van der Waals surface area contributed by atoms with E-state index < -0.39 is 11.4 Å². The van der Waals surface area contributed by atoms with Gasteiger partial charge in [0.1, 0.15) is 0 Å². The standard InChI is InChI=1S/C22H32FN7O2/c1-6-28-10-11-29(14(3)12-28)21(31)30-13-15-18(22(30,4)5)26-27-19(15)25-20-16(23)8-9-17(24-20)32-7-2/h8-9,14H,6-7,10-13H2,1-5H3,(H2,24,25,26,27)/t14-/m0/s1. The van der Waals surface area contributed by atoms with E-state index in [-0.39, 0.29) is 17.9 Å². The summed E-state index contributed by atoms with van der Waals surface area (Å²) in [5.74, 6) is 0.336. The molecule has 0 aliphatic carbocycles. The first-order valence-electron chi connectivity index (χ1n) is 11.2. The van der Waals surface area contributed by atoms with Crippen molar-refractivity contribution in [2.45, 2.75) is 52.7 Å². The van der Waals surface area contributed by atoms with Crippen molar-refractivity contribution in [1.29, 1.82) is 0 Å². The van der Waals surface area contributed by atoms with Crippen molar-refractivity contribution in [3.8, 4) is 5.88 Å². The van der Waals surface area contributed by atoms with Gasteiger partial charge in [0.15, 0.2) is 17.5 Å². The number of likely N-dealkylation sites (N-methyl/N-ethyl adjacent to an activating group) is 1. The monoisotopic (exact) mass is 445 g/mol. The molecule has 2 aromatic heterocycles. The summed E-state index contributed by atoms with van der Waals surface area (Å²) in [6, 6.07) is 2.95. The van der Waals surface area contributed by atoms with E-state index in [1.165, 1.54) is 12.1 Å². The van der Waals surface area contributed by atoms with Gasteiger partial charge in [-0.2, -0.15) is 10.1 Å². The number of amides is 2. The minimum Gasteiger partial charge on any atom is -0.478 e. The molecule has 2 aliphatic rings. The minimum atomic E-state index is -0.569. The quantitative estimate of drug-likeness (QED) is 0.734. The van der Waals surface area contributed by atoms with Crippen LogP contribution in [0, 0.1) is 5.82 Å². The first-order valence-corrected chi connectivity index (χ1v) is 11.2. The number of nitrogens with zero attached hydrogens (tertiary/aromatic N) is 5. The van der Waals surface area contributed by atoms with Gasteiger partial charge in [0, 0.05) is 37.3 Å². The van der Waals surface area contributed by atoms with E-state index in [9.17, 15) is 9.18 Å². The Morgan fingerprint density at radius 1 is 1.31 bits per heavy atom. The molecule has 1 atom stereocenters. The van der Waals surface area contributed by atoms with Crippen LogP contribution in [0.3, 0.4) is 0 Å². The van der Waals surface area contributed by atoms with Crippen molar-refractivity contribution in [2.24, 2.45) is 0 Å². The van der Waals surface area contributed by atoms with Crippen LogP contribution in [0.1, 0.15) is 45.9 Å². The van der Waals surface area contributed by atoms with Gasteiger partial charge in [0.25, 0.3) is 0 Å². The molecule has 32 heavy (non-hydrogen) atoms. The fourth-order valence-electron chi connectivity index (χ4n) is 4.54. The number of hydrogen-bond acceptors (Lipinski definition) is 6. The van der Waals surface area contributed by atoms with Gasteiger partial charge in [-0.05, 0) is 40.3 Å². The molecule has 174 valence electrons. The smallest absolute Gasteiger partial charge is 0.321 e. The van der Waals surface area contributed by atoms with Gasteiger partial charge < -0.3 is 19.9 Å². The summed E-state index contributed by atoms with van der Waals surface area (Å²) in [6.07, 6.45) is 0. The third-order valence-electron chi connectivity index (χ3n) is 6.45. The highest BCUT2D eigenvalue weighted by atomic mass is 19.1. The van der Waals surface area contributed by atoms with Crippen LogP contribution >= 0.6 is 0 Å². The molecule has 2 aromatic rings. The number of pyridine rings is 1. The second kappa shape index (κ2) is 8.57. The number of ether oxygens (including phenoxy) is 1. The van der Waals surface area contributed by atoms with Crippen LogP contribution in [0.5, 0.6) is 5.88 Å². The Hall–Kier alpha value is -2.88. The highest BCUT2D eigenvalue weighted by molar-refractivity contribution is 5.78. The maximum Gasteiger partial charge on any atom is 0.321 e. The number of halogens is 1. The predicted molar refractivity (Wildman–Crippen MR) is 119 cm³/mol.